The average Bonchev–Trinajstić information content (AvgIpc) is 3.83. The van der Waals surface area contributed by atoms with Crippen LogP contribution in [-0.4, -0.2) is 14.0 Å². The number of rotatable bonds is 5. The quantitative estimate of drug-likeness (QED) is 0.160. The second kappa shape index (κ2) is 12.3. The fourth-order valence-electron chi connectivity index (χ4n) is 10.1. The van der Waals surface area contributed by atoms with Crippen LogP contribution in [0.5, 0.6) is 0 Å². The van der Waals surface area contributed by atoms with Crippen molar-refractivity contribution in [3.05, 3.63) is 228 Å². The molecule has 5 heterocycles. The highest BCUT2D eigenvalue weighted by Gasteiger charge is 2.47. The molecular formula is C56H35N3. The minimum atomic E-state index is 0.205. The van der Waals surface area contributed by atoms with Gasteiger partial charge in [-0.1, -0.05) is 121 Å². The number of aromatic nitrogens is 2. The molecule has 1 aliphatic carbocycles. The zero-order valence-electron chi connectivity index (χ0n) is 32.1. The van der Waals surface area contributed by atoms with Gasteiger partial charge in [-0.2, -0.15) is 0 Å². The number of hydrogen-bond acceptors (Lipinski definition) is 1. The van der Waals surface area contributed by atoms with Crippen LogP contribution in [0, 0.1) is 11.8 Å². The molecule has 0 spiro atoms. The first-order chi connectivity index (χ1) is 29.3. The first-order valence-corrected chi connectivity index (χ1v) is 20.4. The Morgan fingerprint density at radius 3 is 1.81 bits per heavy atom. The van der Waals surface area contributed by atoms with Gasteiger partial charge in [0.1, 0.15) is 0 Å². The van der Waals surface area contributed by atoms with Crippen LogP contribution in [0.25, 0.3) is 77.4 Å². The van der Waals surface area contributed by atoms with Crippen LogP contribution < -0.4 is 0 Å². The van der Waals surface area contributed by atoms with Crippen LogP contribution in [0.1, 0.15) is 29.2 Å². The molecule has 0 bridgehead atoms. The molecule has 0 amide bonds. The fourth-order valence-corrected chi connectivity index (χ4v) is 10.1. The third-order valence-electron chi connectivity index (χ3n) is 12.7. The van der Waals surface area contributed by atoms with E-state index in [0.29, 0.717) is 6.42 Å². The van der Waals surface area contributed by atoms with E-state index < -0.39 is 0 Å². The minimum absolute atomic E-state index is 0.205. The summed E-state index contributed by atoms with van der Waals surface area (Å²) >= 11 is 0. The van der Waals surface area contributed by atoms with Gasteiger partial charge in [-0.25, -0.2) is 0 Å². The summed E-state index contributed by atoms with van der Waals surface area (Å²) in [5, 5.41) is 4.98. The van der Waals surface area contributed by atoms with Crippen molar-refractivity contribution in [3.8, 4) is 34.3 Å². The molecule has 274 valence electrons. The van der Waals surface area contributed by atoms with E-state index in [1.165, 1.54) is 99.7 Å². The number of hydrogen-bond donors (Lipinski definition) is 0. The standard InChI is InChI=1S/C56H35N3/c1-3-16-41(17-4-1)57-49-23-12-11-21-44(49)46-33-38(27-29-51(46)57)39-28-31-53-48(35-39)47-34-37(26-30-52(47)58(53)42-18-5-2-6-19-42)36-14-7-8-15-40(32-36)55-54-25-13-24-50-43-20-9-10-22-45(43)56(55)59(50)54/h1-6,9-14,16-35,56H,7H2. The lowest BCUT2D eigenvalue weighted by Gasteiger charge is -2.43. The van der Waals surface area contributed by atoms with Crippen molar-refractivity contribution in [2.24, 2.45) is 0 Å². The molecule has 0 N–H and O–H groups in total. The van der Waals surface area contributed by atoms with Crippen molar-refractivity contribution < 1.29 is 0 Å². The van der Waals surface area contributed by atoms with E-state index >= 15 is 0 Å². The topological polar surface area (TPSA) is 13.1 Å². The summed E-state index contributed by atoms with van der Waals surface area (Å²) in [7, 11) is 0. The van der Waals surface area contributed by atoms with Gasteiger partial charge in [0.2, 0.25) is 0 Å². The minimum Gasteiger partial charge on any atom is -0.329 e. The maximum Gasteiger partial charge on any atom is 0.0884 e. The third kappa shape index (κ3) is 4.66. The summed E-state index contributed by atoms with van der Waals surface area (Å²) in [6.45, 7) is 0. The van der Waals surface area contributed by atoms with Gasteiger partial charge < -0.3 is 14.0 Å². The van der Waals surface area contributed by atoms with Gasteiger partial charge in [0, 0.05) is 67.4 Å². The van der Waals surface area contributed by atoms with Crippen molar-refractivity contribution >= 4 is 54.9 Å². The zero-order chi connectivity index (χ0) is 38.6. The van der Waals surface area contributed by atoms with Crippen molar-refractivity contribution in [3.63, 3.8) is 0 Å². The van der Waals surface area contributed by atoms with E-state index in [-0.39, 0.29) is 6.04 Å². The molecule has 1 atom stereocenters. The number of fused-ring (bicyclic) bond motifs is 9. The highest BCUT2D eigenvalue weighted by molar-refractivity contribution is 6.13. The summed E-state index contributed by atoms with van der Waals surface area (Å²) in [5.41, 5.74) is 19.6. The first kappa shape index (κ1) is 32.3. The van der Waals surface area contributed by atoms with Crippen LogP contribution in [0.3, 0.4) is 0 Å². The fraction of sp³-hybridized carbons (Fsp3) is 0.0357. The Morgan fingerprint density at radius 2 is 1.10 bits per heavy atom. The predicted molar refractivity (Wildman–Crippen MR) is 244 cm³/mol. The Balaban J connectivity index is 0.962. The number of benzene rings is 7. The third-order valence-corrected chi connectivity index (χ3v) is 12.7. The van der Waals surface area contributed by atoms with E-state index in [2.05, 4.69) is 220 Å². The maximum absolute atomic E-state index is 3.60. The molecule has 13 rings (SSSR count). The van der Waals surface area contributed by atoms with Gasteiger partial charge in [0.25, 0.3) is 0 Å². The normalized spacial score (nSPS) is 16.4. The van der Waals surface area contributed by atoms with Gasteiger partial charge in [-0.05, 0) is 113 Å². The van der Waals surface area contributed by atoms with Crippen molar-refractivity contribution in [1.29, 1.82) is 0 Å². The molecule has 3 heteroatoms. The zero-order valence-corrected chi connectivity index (χ0v) is 32.1. The molecule has 0 fully saturated rings. The molecule has 0 saturated heterocycles. The van der Waals surface area contributed by atoms with Gasteiger partial charge >= 0.3 is 0 Å². The van der Waals surface area contributed by atoms with Crippen molar-refractivity contribution in [1.82, 2.24) is 14.0 Å². The van der Waals surface area contributed by atoms with Crippen molar-refractivity contribution in [2.45, 2.75) is 12.5 Å². The first-order valence-electron chi connectivity index (χ1n) is 20.4. The molecule has 3 aliphatic heterocycles. The highest BCUT2D eigenvalue weighted by Crippen LogP contribution is 2.58. The van der Waals surface area contributed by atoms with E-state index in [9.17, 15) is 0 Å². The van der Waals surface area contributed by atoms with E-state index in [4.69, 9.17) is 0 Å². The monoisotopic (exact) mass is 749 g/mol. The summed E-state index contributed by atoms with van der Waals surface area (Å²) in [6.07, 6.45) is 12.0. The van der Waals surface area contributed by atoms with E-state index in [1.807, 2.05) is 0 Å². The van der Waals surface area contributed by atoms with Gasteiger partial charge in [0.15, 0.2) is 0 Å². The van der Waals surface area contributed by atoms with Crippen LogP contribution in [0.2, 0.25) is 0 Å². The largest absolute Gasteiger partial charge is 0.329 e. The Labute approximate surface area is 342 Å². The second-order valence-electron chi connectivity index (χ2n) is 15.8. The van der Waals surface area contributed by atoms with E-state index in [0.717, 1.165) is 11.3 Å². The SMILES string of the molecule is C1#CC(C2=C3C=CC=C4c5ccccc5C2N43)=CC(c2ccc3c(c2)c2cc(-c4ccc5c(c4)c4ccccc4n5-c4ccccc4)ccc2n3-c2ccccc2)=CC1. The molecule has 0 radical (unpaired) electrons. The van der Waals surface area contributed by atoms with Crippen LogP contribution in [0.4, 0.5) is 0 Å². The van der Waals surface area contributed by atoms with Crippen LogP contribution in [0.15, 0.2) is 211 Å². The van der Waals surface area contributed by atoms with E-state index in [1.54, 1.807) is 0 Å². The molecule has 7 aromatic carbocycles. The average molecular weight is 750 g/mol. The molecule has 59 heavy (non-hydrogen) atoms. The Morgan fingerprint density at radius 1 is 0.525 bits per heavy atom. The molecule has 4 aliphatic rings. The lowest BCUT2D eigenvalue weighted by Crippen LogP contribution is -2.35. The summed E-state index contributed by atoms with van der Waals surface area (Å²) in [4.78, 5) is 2.48. The molecule has 0 saturated carbocycles. The highest BCUT2D eigenvalue weighted by atomic mass is 15.3. The lowest BCUT2D eigenvalue weighted by molar-refractivity contribution is 0.373. The summed E-state index contributed by atoms with van der Waals surface area (Å²) < 4.78 is 4.79. The van der Waals surface area contributed by atoms with Gasteiger partial charge in [0.05, 0.1) is 28.1 Å². The second-order valence-corrected chi connectivity index (χ2v) is 15.8. The maximum atomic E-state index is 3.60. The van der Waals surface area contributed by atoms with Gasteiger partial charge in [-0.3, -0.25) is 0 Å². The van der Waals surface area contributed by atoms with Crippen molar-refractivity contribution in [2.75, 3.05) is 0 Å². The molecule has 9 aromatic rings. The summed E-state index contributed by atoms with van der Waals surface area (Å²) in [6, 6.07) is 60.2. The molecule has 3 nitrogen and oxygen atoms in total. The number of allylic oxidation sites excluding steroid dienone is 6. The van der Waals surface area contributed by atoms with Crippen LogP contribution >= 0.6 is 0 Å². The Hall–Kier alpha value is -7.80. The molecule has 2 aromatic heterocycles. The predicted octanol–water partition coefficient (Wildman–Crippen LogP) is 13.5. The smallest absolute Gasteiger partial charge is 0.0884 e. The Bertz CT molecular complexity index is 3520. The summed E-state index contributed by atoms with van der Waals surface area (Å²) in [5.74, 6) is 7.08. The number of nitrogens with zero attached hydrogens (tertiary/aromatic N) is 3. The van der Waals surface area contributed by atoms with Gasteiger partial charge in [-0.15, -0.1) is 0 Å². The molecular weight excluding hydrogens is 715 g/mol. The molecule has 1 unspecified atom stereocenters. The van der Waals surface area contributed by atoms with Crippen LogP contribution in [-0.2, 0) is 0 Å². The Kier molecular flexibility index (Phi) is 6.76. The lowest BCUT2D eigenvalue weighted by atomic mass is 9.83. The number of para-hydroxylation sites is 3.